The van der Waals surface area contributed by atoms with Gasteiger partial charge < -0.3 is 9.84 Å². The molecule has 0 aliphatic carbocycles. The van der Waals surface area contributed by atoms with E-state index in [-0.39, 0.29) is 11.3 Å². The summed E-state index contributed by atoms with van der Waals surface area (Å²) in [7, 11) is 0. The third kappa shape index (κ3) is 4.21. The molecule has 1 aliphatic heterocycles. The van der Waals surface area contributed by atoms with Gasteiger partial charge in [-0.1, -0.05) is 43.3 Å². The molecule has 0 bridgehead atoms. The van der Waals surface area contributed by atoms with E-state index in [4.69, 9.17) is 4.74 Å². The highest BCUT2D eigenvalue weighted by atomic mass is 16.5. The molecule has 0 aromatic heterocycles. The molecular weight excluding hydrogens is 426 g/mol. The fraction of sp³-hybridized carbons (Fsp3) is 0.241. The molecule has 0 radical (unpaired) electrons. The number of hydrogen-bond acceptors (Lipinski definition) is 4. The van der Waals surface area contributed by atoms with Gasteiger partial charge >= 0.3 is 0 Å². The van der Waals surface area contributed by atoms with Gasteiger partial charge in [0.25, 0.3) is 11.7 Å². The number of Topliss-reactive ketones (excluding diaryl/α,β-unsaturated/α-hetero) is 1. The first-order valence-electron chi connectivity index (χ1n) is 11.5. The Hall–Kier alpha value is -3.86. The number of rotatable bonds is 6. The van der Waals surface area contributed by atoms with Crippen LogP contribution < -0.4 is 9.64 Å². The summed E-state index contributed by atoms with van der Waals surface area (Å²) in [6.07, 6.45) is 0.889. The summed E-state index contributed by atoms with van der Waals surface area (Å²) < 4.78 is 5.75. The van der Waals surface area contributed by atoms with E-state index in [1.54, 1.807) is 18.2 Å². The van der Waals surface area contributed by atoms with Crippen molar-refractivity contribution in [1.82, 2.24) is 0 Å². The van der Waals surface area contributed by atoms with Gasteiger partial charge in [0.2, 0.25) is 0 Å². The van der Waals surface area contributed by atoms with Crippen molar-refractivity contribution in [2.45, 2.75) is 40.2 Å². The largest absolute Gasteiger partial charge is 0.507 e. The summed E-state index contributed by atoms with van der Waals surface area (Å²) in [5.41, 5.74) is 4.72. The minimum absolute atomic E-state index is 0.0856. The van der Waals surface area contributed by atoms with Crippen molar-refractivity contribution in [3.63, 3.8) is 0 Å². The molecule has 3 aromatic rings. The van der Waals surface area contributed by atoms with Crippen LogP contribution in [-0.4, -0.2) is 23.4 Å². The fourth-order valence-electron chi connectivity index (χ4n) is 4.39. The lowest BCUT2D eigenvalue weighted by Gasteiger charge is -2.27. The number of ether oxygens (including phenoxy) is 1. The van der Waals surface area contributed by atoms with Gasteiger partial charge in [0.15, 0.2) is 0 Å². The molecule has 1 aliphatic rings. The predicted octanol–water partition coefficient (Wildman–Crippen LogP) is 6.03. The molecule has 4 rings (SSSR count). The number of aliphatic hydroxyl groups is 1. The molecule has 3 aromatic carbocycles. The van der Waals surface area contributed by atoms with Crippen molar-refractivity contribution < 1.29 is 19.4 Å². The van der Waals surface area contributed by atoms with Crippen LogP contribution in [-0.2, 0) is 9.59 Å². The third-order valence-corrected chi connectivity index (χ3v) is 6.12. The molecule has 0 saturated carbocycles. The Labute approximate surface area is 200 Å². The average Bonchev–Trinajstić information content (AvgIpc) is 3.08. The quantitative estimate of drug-likeness (QED) is 0.280. The normalized spacial score (nSPS) is 17.3. The van der Waals surface area contributed by atoms with Crippen LogP contribution in [0.1, 0.15) is 47.2 Å². The summed E-state index contributed by atoms with van der Waals surface area (Å²) in [6.45, 7) is 8.41. The zero-order chi connectivity index (χ0) is 24.4. The summed E-state index contributed by atoms with van der Waals surface area (Å²) in [5, 5.41) is 11.4. The van der Waals surface area contributed by atoms with E-state index in [2.05, 4.69) is 0 Å². The molecule has 1 atom stereocenters. The van der Waals surface area contributed by atoms with Crippen LogP contribution in [0, 0.1) is 20.8 Å². The number of carbonyl (C=O) groups excluding carboxylic acids is 2. The Morgan fingerprint density at radius 3 is 2.38 bits per heavy atom. The highest BCUT2D eigenvalue weighted by Crippen LogP contribution is 2.43. The highest BCUT2D eigenvalue weighted by Gasteiger charge is 2.47. The van der Waals surface area contributed by atoms with Crippen molar-refractivity contribution in [2.75, 3.05) is 11.5 Å². The molecule has 0 spiro atoms. The molecule has 5 nitrogen and oxygen atoms in total. The first-order valence-corrected chi connectivity index (χ1v) is 11.5. The lowest BCUT2D eigenvalue weighted by atomic mass is 9.92. The van der Waals surface area contributed by atoms with Crippen LogP contribution in [0.15, 0.2) is 72.3 Å². The number of benzene rings is 3. The van der Waals surface area contributed by atoms with Crippen molar-refractivity contribution in [2.24, 2.45) is 0 Å². The van der Waals surface area contributed by atoms with E-state index in [9.17, 15) is 14.7 Å². The lowest BCUT2D eigenvalue weighted by molar-refractivity contribution is -0.132. The van der Waals surface area contributed by atoms with Gasteiger partial charge in [-0.2, -0.15) is 0 Å². The number of aliphatic hydroxyl groups excluding tert-OH is 1. The maximum absolute atomic E-state index is 13.3. The number of amides is 1. The second-order valence-electron chi connectivity index (χ2n) is 8.69. The average molecular weight is 456 g/mol. The van der Waals surface area contributed by atoms with Crippen molar-refractivity contribution in [1.29, 1.82) is 0 Å². The van der Waals surface area contributed by atoms with Gasteiger partial charge in [0, 0.05) is 11.3 Å². The molecule has 1 heterocycles. The van der Waals surface area contributed by atoms with Crippen molar-refractivity contribution in [3.8, 4) is 5.75 Å². The second kappa shape index (κ2) is 9.56. The van der Waals surface area contributed by atoms with E-state index in [0.717, 1.165) is 34.4 Å². The van der Waals surface area contributed by atoms with Crippen LogP contribution in [0.3, 0.4) is 0 Å². The molecule has 1 fully saturated rings. The highest BCUT2D eigenvalue weighted by molar-refractivity contribution is 6.51. The van der Waals surface area contributed by atoms with Gasteiger partial charge in [-0.25, -0.2) is 0 Å². The molecule has 5 heteroatoms. The Morgan fingerprint density at radius 1 is 0.941 bits per heavy atom. The SMILES string of the molecule is CCCOc1ccc(/C(O)=C2\C(=O)C(=O)N(c3cccc(C)c3)C2c2ccccc2C)cc1C. The Balaban J connectivity index is 1.90. The number of ketones is 1. The minimum atomic E-state index is -0.737. The van der Waals surface area contributed by atoms with E-state index in [1.165, 1.54) is 4.90 Å². The van der Waals surface area contributed by atoms with Gasteiger partial charge in [-0.3, -0.25) is 14.5 Å². The van der Waals surface area contributed by atoms with Crippen molar-refractivity contribution in [3.05, 3.63) is 100 Å². The van der Waals surface area contributed by atoms with E-state index >= 15 is 0 Å². The van der Waals surface area contributed by atoms with Crippen LogP contribution in [0.5, 0.6) is 5.75 Å². The van der Waals surface area contributed by atoms with E-state index in [1.807, 2.05) is 76.2 Å². The molecule has 174 valence electrons. The summed E-state index contributed by atoms with van der Waals surface area (Å²) in [5.74, 6) is -0.808. The molecular formula is C29H29NO4. The maximum atomic E-state index is 13.3. The summed E-state index contributed by atoms with van der Waals surface area (Å²) in [6, 6.07) is 19.7. The number of carbonyl (C=O) groups is 2. The lowest BCUT2D eigenvalue weighted by Crippen LogP contribution is -2.29. The van der Waals surface area contributed by atoms with Gasteiger partial charge in [0.05, 0.1) is 18.2 Å². The molecule has 34 heavy (non-hydrogen) atoms. The second-order valence-corrected chi connectivity index (χ2v) is 8.69. The van der Waals surface area contributed by atoms with Crippen LogP contribution in [0.2, 0.25) is 0 Å². The summed E-state index contributed by atoms with van der Waals surface area (Å²) in [4.78, 5) is 28.1. The Bertz CT molecular complexity index is 1290. The Morgan fingerprint density at radius 2 is 1.71 bits per heavy atom. The van der Waals surface area contributed by atoms with Gasteiger partial charge in [-0.15, -0.1) is 0 Å². The van der Waals surface area contributed by atoms with Crippen molar-refractivity contribution >= 4 is 23.1 Å². The topological polar surface area (TPSA) is 66.8 Å². The number of anilines is 1. The summed E-state index contributed by atoms with van der Waals surface area (Å²) >= 11 is 0. The number of hydrogen-bond donors (Lipinski definition) is 1. The standard InChI is InChI=1S/C29H29NO4/c1-5-15-34-24-14-13-21(17-20(24)4)27(31)25-26(23-12-7-6-10-19(23)3)30(29(33)28(25)32)22-11-8-9-18(2)16-22/h6-14,16-17,26,31H,5,15H2,1-4H3/b27-25+. The first-order chi connectivity index (χ1) is 16.3. The predicted molar refractivity (Wildman–Crippen MR) is 134 cm³/mol. The maximum Gasteiger partial charge on any atom is 0.300 e. The van der Waals surface area contributed by atoms with Crippen LogP contribution >= 0.6 is 0 Å². The minimum Gasteiger partial charge on any atom is -0.507 e. The van der Waals surface area contributed by atoms with Gasteiger partial charge in [-0.05, 0) is 79.8 Å². The van der Waals surface area contributed by atoms with E-state index < -0.39 is 17.7 Å². The monoisotopic (exact) mass is 455 g/mol. The molecule has 1 saturated heterocycles. The smallest absolute Gasteiger partial charge is 0.300 e. The number of nitrogens with zero attached hydrogens (tertiary/aromatic N) is 1. The fourth-order valence-corrected chi connectivity index (χ4v) is 4.39. The van der Waals surface area contributed by atoms with E-state index in [0.29, 0.717) is 17.9 Å². The zero-order valence-electron chi connectivity index (χ0n) is 20.0. The zero-order valence-corrected chi connectivity index (χ0v) is 20.0. The van der Waals surface area contributed by atoms with Crippen LogP contribution in [0.4, 0.5) is 5.69 Å². The number of aryl methyl sites for hydroxylation is 3. The molecule has 1 N–H and O–H groups in total. The first kappa shape index (κ1) is 23.3. The molecule has 1 amide bonds. The third-order valence-electron chi connectivity index (χ3n) is 6.12. The van der Waals surface area contributed by atoms with Crippen LogP contribution in [0.25, 0.3) is 5.76 Å². The van der Waals surface area contributed by atoms with Gasteiger partial charge in [0.1, 0.15) is 11.5 Å². The Kier molecular flexibility index (Phi) is 6.55. The molecule has 1 unspecified atom stereocenters.